The number of hydrogen-bond donors (Lipinski definition) is 1. The van der Waals surface area contributed by atoms with Gasteiger partial charge in [-0.25, -0.2) is 0 Å². The average molecular weight is 428 g/mol. The van der Waals surface area contributed by atoms with Gasteiger partial charge in [0.15, 0.2) is 6.61 Å². The number of aromatic nitrogens is 1. The van der Waals surface area contributed by atoms with Crippen molar-refractivity contribution in [3.05, 3.63) is 71.5 Å². The van der Waals surface area contributed by atoms with E-state index in [9.17, 15) is 18.4 Å². The normalized spacial score (nSPS) is 10.8. The first-order chi connectivity index (χ1) is 14.8. The molecule has 0 radical (unpaired) electrons. The fourth-order valence-electron chi connectivity index (χ4n) is 3.33. The van der Waals surface area contributed by atoms with E-state index in [4.69, 9.17) is 4.74 Å². The van der Waals surface area contributed by atoms with E-state index in [2.05, 4.69) is 10.1 Å². The number of nitrogens with zero attached hydrogens (tertiary/aromatic N) is 1. The molecule has 0 saturated heterocycles. The number of ketones is 1. The molecular formula is C23H22F2N2O4. The summed E-state index contributed by atoms with van der Waals surface area (Å²) in [5, 5.41) is 2.66. The number of nitrogens with one attached hydrogen (secondary N) is 1. The molecule has 1 N–H and O–H groups in total. The minimum atomic E-state index is -2.89. The molecule has 0 spiro atoms. The third kappa shape index (κ3) is 5.28. The Balaban J connectivity index is 1.77. The highest BCUT2D eigenvalue weighted by Crippen LogP contribution is 2.26. The molecule has 6 nitrogen and oxygen atoms in total. The van der Waals surface area contributed by atoms with Crippen molar-refractivity contribution in [1.82, 2.24) is 4.57 Å². The maximum absolute atomic E-state index is 12.8. The minimum absolute atomic E-state index is 0.0590. The van der Waals surface area contributed by atoms with E-state index in [1.54, 1.807) is 49.4 Å². The molecule has 1 amide bonds. The molecular weight excluding hydrogens is 406 g/mol. The van der Waals surface area contributed by atoms with Crippen molar-refractivity contribution in [1.29, 1.82) is 0 Å². The molecule has 0 aliphatic carbocycles. The molecule has 0 unspecified atom stereocenters. The van der Waals surface area contributed by atoms with Crippen LogP contribution in [0.1, 0.15) is 28.7 Å². The van der Waals surface area contributed by atoms with Crippen molar-refractivity contribution in [2.75, 3.05) is 11.9 Å². The first kappa shape index (κ1) is 22.0. The molecule has 3 rings (SSSR count). The van der Waals surface area contributed by atoms with Gasteiger partial charge in [-0.15, -0.1) is 0 Å². The van der Waals surface area contributed by atoms with E-state index in [0.717, 1.165) is 5.69 Å². The van der Waals surface area contributed by atoms with Crippen LogP contribution < -0.4 is 14.8 Å². The quantitative estimate of drug-likeness (QED) is 0.518. The van der Waals surface area contributed by atoms with Crippen molar-refractivity contribution in [3.8, 4) is 17.2 Å². The van der Waals surface area contributed by atoms with E-state index in [0.29, 0.717) is 28.4 Å². The fourth-order valence-corrected chi connectivity index (χ4v) is 3.33. The summed E-state index contributed by atoms with van der Waals surface area (Å²) in [6.45, 7) is 1.95. The Bertz CT molecular complexity index is 1090. The summed E-state index contributed by atoms with van der Waals surface area (Å²) in [6, 6.07) is 14.8. The Kier molecular flexibility index (Phi) is 6.69. The summed E-state index contributed by atoms with van der Waals surface area (Å²) >= 11 is 0. The van der Waals surface area contributed by atoms with E-state index < -0.39 is 6.61 Å². The Labute approximate surface area is 178 Å². The van der Waals surface area contributed by atoms with E-state index in [-0.39, 0.29) is 24.0 Å². The van der Waals surface area contributed by atoms with Gasteiger partial charge in [0, 0.05) is 29.6 Å². The van der Waals surface area contributed by atoms with Crippen molar-refractivity contribution in [2.24, 2.45) is 0 Å². The Hall–Kier alpha value is -3.68. The SMILES string of the molecule is CC(=O)Nc1ccccc1OCC(=O)c1cc(C)n(-c2ccc(OC(F)F)cc2)c1C. The number of para-hydroxylation sites is 2. The topological polar surface area (TPSA) is 69.6 Å². The second-order valence-electron chi connectivity index (χ2n) is 6.88. The zero-order valence-corrected chi connectivity index (χ0v) is 17.3. The third-order valence-electron chi connectivity index (χ3n) is 4.61. The van der Waals surface area contributed by atoms with E-state index in [1.165, 1.54) is 19.1 Å². The number of carbonyl (C=O) groups excluding carboxylic acids is 2. The first-order valence-electron chi connectivity index (χ1n) is 9.53. The van der Waals surface area contributed by atoms with Gasteiger partial charge in [0.2, 0.25) is 11.7 Å². The maximum Gasteiger partial charge on any atom is 0.387 e. The van der Waals surface area contributed by atoms with Crippen molar-refractivity contribution < 1.29 is 27.8 Å². The van der Waals surface area contributed by atoms with Gasteiger partial charge in [-0.05, 0) is 56.3 Å². The van der Waals surface area contributed by atoms with Gasteiger partial charge in [-0.3, -0.25) is 9.59 Å². The van der Waals surface area contributed by atoms with Gasteiger partial charge >= 0.3 is 6.61 Å². The second kappa shape index (κ2) is 9.42. The number of benzene rings is 2. The highest BCUT2D eigenvalue weighted by molar-refractivity contribution is 5.99. The van der Waals surface area contributed by atoms with Crippen LogP contribution in [0.4, 0.5) is 14.5 Å². The van der Waals surface area contributed by atoms with Crippen LogP contribution in [0.3, 0.4) is 0 Å². The van der Waals surface area contributed by atoms with Crippen LogP contribution >= 0.6 is 0 Å². The largest absolute Gasteiger partial charge is 0.483 e. The van der Waals surface area contributed by atoms with Crippen LogP contribution in [0.5, 0.6) is 11.5 Å². The number of carbonyl (C=O) groups is 2. The number of halogens is 2. The molecule has 3 aromatic rings. The van der Waals surface area contributed by atoms with Gasteiger partial charge in [-0.2, -0.15) is 8.78 Å². The summed E-state index contributed by atoms with van der Waals surface area (Å²) < 4.78 is 36.6. The van der Waals surface area contributed by atoms with Crippen LogP contribution in [-0.4, -0.2) is 29.5 Å². The van der Waals surface area contributed by atoms with Gasteiger partial charge < -0.3 is 19.4 Å². The summed E-state index contributed by atoms with van der Waals surface area (Å²) in [4.78, 5) is 24.2. The molecule has 0 bridgehead atoms. The molecule has 1 heterocycles. The number of aryl methyl sites for hydroxylation is 1. The summed E-state index contributed by atoms with van der Waals surface area (Å²) in [6.07, 6.45) is 0. The van der Waals surface area contributed by atoms with E-state index >= 15 is 0 Å². The number of alkyl halides is 2. The van der Waals surface area contributed by atoms with Gasteiger partial charge in [-0.1, -0.05) is 12.1 Å². The van der Waals surface area contributed by atoms with Gasteiger partial charge in [0.05, 0.1) is 5.69 Å². The number of anilines is 1. The van der Waals surface area contributed by atoms with Crippen LogP contribution in [0.15, 0.2) is 54.6 Å². The molecule has 0 atom stereocenters. The van der Waals surface area contributed by atoms with Crippen LogP contribution in [0.2, 0.25) is 0 Å². The minimum Gasteiger partial charge on any atom is -0.483 e. The predicted octanol–water partition coefficient (Wildman–Crippen LogP) is 4.92. The predicted molar refractivity (Wildman–Crippen MR) is 112 cm³/mol. The molecule has 31 heavy (non-hydrogen) atoms. The van der Waals surface area contributed by atoms with Crippen molar-refractivity contribution in [2.45, 2.75) is 27.4 Å². The molecule has 8 heteroatoms. The molecule has 0 aliphatic rings. The standard InChI is InChI=1S/C23H22F2N2O4/c1-14-12-19(15(2)27(14)17-8-10-18(11-9-17)31-23(24)25)21(29)13-30-22-7-5-4-6-20(22)26-16(3)28/h4-12,23H,13H2,1-3H3,(H,26,28). The molecule has 0 aliphatic heterocycles. The van der Waals surface area contributed by atoms with Crippen LogP contribution in [-0.2, 0) is 4.79 Å². The van der Waals surface area contributed by atoms with Gasteiger partial charge in [0.25, 0.3) is 0 Å². The lowest BCUT2D eigenvalue weighted by Gasteiger charge is -2.12. The average Bonchev–Trinajstić information content (AvgIpc) is 3.01. The van der Waals surface area contributed by atoms with Crippen molar-refractivity contribution in [3.63, 3.8) is 0 Å². The zero-order valence-electron chi connectivity index (χ0n) is 17.3. The lowest BCUT2D eigenvalue weighted by atomic mass is 10.1. The van der Waals surface area contributed by atoms with Crippen LogP contribution in [0, 0.1) is 13.8 Å². The molecule has 2 aromatic carbocycles. The number of Topliss-reactive ketones (excluding diaryl/α,β-unsaturated/α-hetero) is 1. The lowest BCUT2D eigenvalue weighted by molar-refractivity contribution is -0.114. The molecule has 0 fully saturated rings. The van der Waals surface area contributed by atoms with Gasteiger partial charge in [0.1, 0.15) is 11.5 Å². The van der Waals surface area contributed by atoms with Crippen molar-refractivity contribution >= 4 is 17.4 Å². The smallest absolute Gasteiger partial charge is 0.387 e. The highest BCUT2D eigenvalue weighted by atomic mass is 19.3. The lowest BCUT2D eigenvalue weighted by Crippen LogP contribution is -2.14. The number of hydrogen-bond acceptors (Lipinski definition) is 4. The molecule has 1 aromatic heterocycles. The fraction of sp³-hybridized carbons (Fsp3) is 0.217. The highest BCUT2D eigenvalue weighted by Gasteiger charge is 2.18. The number of amides is 1. The number of ether oxygens (including phenoxy) is 2. The summed E-state index contributed by atoms with van der Waals surface area (Å²) in [5.41, 5.74) is 3.19. The molecule has 162 valence electrons. The molecule has 0 saturated carbocycles. The summed E-state index contributed by atoms with van der Waals surface area (Å²) in [7, 11) is 0. The van der Waals surface area contributed by atoms with Crippen LogP contribution in [0.25, 0.3) is 5.69 Å². The number of rotatable bonds is 8. The second-order valence-corrected chi connectivity index (χ2v) is 6.88. The Morgan fingerprint density at radius 3 is 2.39 bits per heavy atom. The maximum atomic E-state index is 12.8. The Morgan fingerprint density at radius 2 is 1.74 bits per heavy atom. The summed E-state index contributed by atoms with van der Waals surface area (Å²) in [5.74, 6) is -0.0104. The first-order valence-corrected chi connectivity index (χ1v) is 9.53. The zero-order chi connectivity index (χ0) is 22.5. The third-order valence-corrected chi connectivity index (χ3v) is 4.61. The van der Waals surface area contributed by atoms with E-state index in [1.807, 2.05) is 11.5 Å². The monoisotopic (exact) mass is 428 g/mol. The Morgan fingerprint density at radius 1 is 1.06 bits per heavy atom.